The summed E-state index contributed by atoms with van der Waals surface area (Å²) >= 11 is 0. The fraction of sp³-hybridized carbons (Fsp3) is 0.700. The third-order valence-electron chi connectivity index (χ3n) is 7.64. The standard InChI is InChI=1S/C20H26O2/c1-12-10-14-15-4-5-18(22)20(15,3)9-7-16(14)19(2)8-6-13(21)11-17(12)19/h11,14-16H,1,4-10H2,2-3H3/t14-,15-,16-,19-,20-/m1/s1. The van der Waals surface area contributed by atoms with Gasteiger partial charge in [-0.3, -0.25) is 9.59 Å². The second kappa shape index (κ2) is 4.43. The summed E-state index contributed by atoms with van der Waals surface area (Å²) in [6.07, 6.45) is 8.54. The molecule has 3 saturated carbocycles. The maximum absolute atomic E-state index is 12.4. The molecular formula is C20H26O2. The minimum Gasteiger partial charge on any atom is -0.299 e. The molecule has 0 aromatic rings. The van der Waals surface area contributed by atoms with Crippen LogP contribution in [0.4, 0.5) is 0 Å². The zero-order valence-electron chi connectivity index (χ0n) is 13.8. The maximum Gasteiger partial charge on any atom is 0.156 e. The van der Waals surface area contributed by atoms with E-state index in [1.807, 2.05) is 6.08 Å². The van der Waals surface area contributed by atoms with E-state index >= 15 is 0 Å². The van der Waals surface area contributed by atoms with Crippen LogP contribution in [0.3, 0.4) is 0 Å². The van der Waals surface area contributed by atoms with Crippen molar-refractivity contribution in [2.24, 2.45) is 28.6 Å². The van der Waals surface area contributed by atoms with Crippen molar-refractivity contribution in [3.63, 3.8) is 0 Å². The lowest BCUT2D eigenvalue weighted by molar-refractivity contribution is -0.132. The third kappa shape index (κ3) is 1.67. The molecule has 4 aliphatic rings. The Kier molecular flexibility index (Phi) is 2.90. The smallest absolute Gasteiger partial charge is 0.156 e. The highest BCUT2D eigenvalue weighted by molar-refractivity contribution is 5.92. The quantitative estimate of drug-likeness (QED) is 0.670. The lowest BCUT2D eigenvalue weighted by Crippen LogP contribution is -2.51. The Hall–Kier alpha value is -1.18. The van der Waals surface area contributed by atoms with Crippen molar-refractivity contribution in [3.8, 4) is 0 Å². The summed E-state index contributed by atoms with van der Waals surface area (Å²) in [5.41, 5.74) is 2.43. The lowest BCUT2D eigenvalue weighted by Gasteiger charge is -2.57. The van der Waals surface area contributed by atoms with Crippen LogP contribution in [-0.2, 0) is 9.59 Å². The second-order valence-electron chi connectivity index (χ2n) is 8.54. The molecule has 3 fully saturated rings. The second-order valence-corrected chi connectivity index (χ2v) is 8.54. The van der Waals surface area contributed by atoms with Crippen LogP contribution < -0.4 is 0 Å². The van der Waals surface area contributed by atoms with Crippen LogP contribution in [0, 0.1) is 28.6 Å². The van der Waals surface area contributed by atoms with E-state index in [1.165, 1.54) is 11.1 Å². The van der Waals surface area contributed by atoms with Crippen molar-refractivity contribution in [1.29, 1.82) is 0 Å². The summed E-state index contributed by atoms with van der Waals surface area (Å²) in [5.74, 6) is 2.51. The molecule has 0 bridgehead atoms. The number of carbonyl (C=O) groups is 2. The lowest BCUT2D eigenvalue weighted by atomic mass is 9.47. The van der Waals surface area contributed by atoms with Gasteiger partial charge in [-0.25, -0.2) is 0 Å². The van der Waals surface area contributed by atoms with Crippen molar-refractivity contribution < 1.29 is 9.59 Å². The number of fused-ring (bicyclic) bond motifs is 5. The monoisotopic (exact) mass is 298 g/mol. The van der Waals surface area contributed by atoms with Gasteiger partial charge < -0.3 is 0 Å². The zero-order valence-corrected chi connectivity index (χ0v) is 13.8. The van der Waals surface area contributed by atoms with E-state index < -0.39 is 0 Å². The molecule has 0 heterocycles. The molecular weight excluding hydrogens is 272 g/mol. The first-order valence-corrected chi connectivity index (χ1v) is 8.83. The van der Waals surface area contributed by atoms with Crippen molar-refractivity contribution in [2.45, 2.75) is 58.8 Å². The van der Waals surface area contributed by atoms with E-state index in [4.69, 9.17) is 0 Å². The summed E-state index contributed by atoms with van der Waals surface area (Å²) in [6.45, 7) is 8.89. The molecule has 0 N–H and O–H groups in total. The predicted octanol–water partition coefficient (Wildman–Crippen LogP) is 4.25. The van der Waals surface area contributed by atoms with Crippen molar-refractivity contribution in [3.05, 3.63) is 23.8 Å². The molecule has 118 valence electrons. The first kappa shape index (κ1) is 14.4. The number of allylic oxidation sites excluding steroid dienone is 2. The number of ketones is 2. The predicted molar refractivity (Wildman–Crippen MR) is 86.2 cm³/mol. The average Bonchev–Trinajstić information content (AvgIpc) is 2.77. The van der Waals surface area contributed by atoms with E-state index in [0.717, 1.165) is 38.5 Å². The maximum atomic E-state index is 12.4. The summed E-state index contributed by atoms with van der Waals surface area (Å²) in [6, 6.07) is 0. The highest BCUT2D eigenvalue weighted by Crippen LogP contribution is 2.65. The SMILES string of the molecule is C=C1C[C@@H]2[C@H]3CCC(=O)[C@]3(C)CC[C@H]2[C@@]2(C)CCC(=O)C=C12. The molecule has 4 rings (SSSR count). The molecule has 2 nitrogen and oxygen atoms in total. The third-order valence-corrected chi connectivity index (χ3v) is 7.64. The molecule has 4 aliphatic carbocycles. The van der Waals surface area contributed by atoms with Crippen LogP contribution in [0.2, 0.25) is 0 Å². The summed E-state index contributed by atoms with van der Waals surface area (Å²) in [4.78, 5) is 24.3. The van der Waals surface area contributed by atoms with Gasteiger partial charge in [-0.1, -0.05) is 26.0 Å². The summed E-state index contributed by atoms with van der Waals surface area (Å²) < 4.78 is 0. The van der Waals surface area contributed by atoms with Gasteiger partial charge >= 0.3 is 0 Å². The van der Waals surface area contributed by atoms with Crippen LogP contribution in [0.25, 0.3) is 0 Å². The van der Waals surface area contributed by atoms with Crippen LogP contribution in [-0.4, -0.2) is 11.6 Å². The van der Waals surface area contributed by atoms with Crippen LogP contribution in [0.15, 0.2) is 23.8 Å². The first-order valence-electron chi connectivity index (χ1n) is 8.83. The molecule has 0 aromatic heterocycles. The molecule has 0 saturated heterocycles. The number of carbonyl (C=O) groups excluding carboxylic acids is 2. The van der Waals surface area contributed by atoms with Gasteiger partial charge in [0, 0.05) is 18.3 Å². The molecule has 0 amide bonds. The van der Waals surface area contributed by atoms with Gasteiger partial charge in [0.05, 0.1) is 0 Å². The Morgan fingerprint density at radius 3 is 2.55 bits per heavy atom. The Balaban J connectivity index is 1.76. The normalized spacial score (nSPS) is 47.6. The number of hydrogen-bond acceptors (Lipinski definition) is 2. The van der Waals surface area contributed by atoms with Gasteiger partial charge in [0.1, 0.15) is 5.78 Å². The van der Waals surface area contributed by atoms with Crippen molar-refractivity contribution in [1.82, 2.24) is 0 Å². The molecule has 0 radical (unpaired) electrons. The van der Waals surface area contributed by atoms with Crippen LogP contribution in [0.5, 0.6) is 0 Å². The fourth-order valence-corrected chi connectivity index (χ4v) is 6.34. The molecule has 2 heteroatoms. The minimum absolute atomic E-state index is 0.0799. The van der Waals surface area contributed by atoms with Gasteiger partial charge in [-0.2, -0.15) is 0 Å². The largest absolute Gasteiger partial charge is 0.299 e. The van der Waals surface area contributed by atoms with Gasteiger partial charge in [-0.15, -0.1) is 0 Å². The van der Waals surface area contributed by atoms with Gasteiger partial charge in [-0.05, 0) is 66.9 Å². The summed E-state index contributed by atoms with van der Waals surface area (Å²) in [5, 5.41) is 0. The van der Waals surface area contributed by atoms with Crippen LogP contribution >= 0.6 is 0 Å². The molecule has 0 spiro atoms. The Morgan fingerprint density at radius 2 is 1.77 bits per heavy atom. The number of Topliss-reactive ketones (excluding diaryl/α,β-unsaturated/α-hetero) is 1. The van der Waals surface area contributed by atoms with E-state index in [0.29, 0.717) is 30.0 Å². The number of hydrogen-bond donors (Lipinski definition) is 0. The molecule has 5 atom stereocenters. The van der Waals surface area contributed by atoms with Gasteiger partial charge in [0.25, 0.3) is 0 Å². The fourth-order valence-electron chi connectivity index (χ4n) is 6.34. The summed E-state index contributed by atoms with van der Waals surface area (Å²) in [7, 11) is 0. The van der Waals surface area contributed by atoms with E-state index in [1.54, 1.807) is 0 Å². The first-order chi connectivity index (χ1) is 10.4. The van der Waals surface area contributed by atoms with E-state index in [9.17, 15) is 9.59 Å². The Labute approximate surface area is 133 Å². The topological polar surface area (TPSA) is 34.1 Å². The highest BCUT2D eigenvalue weighted by Gasteiger charge is 2.59. The van der Waals surface area contributed by atoms with E-state index in [2.05, 4.69) is 20.4 Å². The van der Waals surface area contributed by atoms with Gasteiger partial charge in [0.2, 0.25) is 0 Å². The molecule has 0 aliphatic heterocycles. The van der Waals surface area contributed by atoms with Crippen molar-refractivity contribution in [2.75, 3.05) is 0 Å². The average molecular weight is 298 g/mol. The highest BCUT2D eigenvalue weighted by atomic mass is 16.1. The Bertz CT molecular complexity index is 613. The Morgan fingerprint density at radius 1 is 1.05 bits per heavy atom. The molecule has 22 heavy (non-hydrogen) atoms. The van der Waals surface area contributed by atoms with Crippen molar-refractivity contribution >= 4 is 11.6 Å². The number of rotatable bonds is 0. The van der Waals surface area contributed by atoms with E-state index in [-0.39, 0.29) is 16.6 Å². The molecule has 0 unspecified atom stereocenters. The molecule has 0 aromatic carbocycles. The minimum atomic E-state index is -0.0799. The van der Waals surface area contributed by atoms with Crippen LogP contribution in [0.1, 0.15) is 58.8 Å². The zero-order chi connectivity index (χ0) is 15.7. The van der Waals surface area contributed by atoms with Gasteiger partial charge in [0.15, 0.2) is 5.78 Å².